The summed E-state index contributed by atoms with van der Waals surface area (Å²) in [5, 5.41) is 39.5. The summed E-state index contributed by atoms with van der Waals surface area (Å²) in [6.07, 6.45) is -0.295. The van der Waals surface area contributed by atoms with Crippen LogP contribution in [0.1, 0.15) is 31.1 Å². The standard InChI is InChI=1S/C22H25N3O2.ClH/c1-14(12-26)24-22(25-15(2)13-27)21-18-9-5-3-7-16(18)20(11-23)17-8-4-6-10-19(17)21;/h3-10,14-15,22,24-27H,12-13H2,1-2H3;1H. The summed E-state index contributed by atoms with van der Waals surface area (Å²) in [7, 11) is 0. The minimum atomic E-state index is -0.295. The van der Waals surface area contributed by atoms with Crippen molar-refractivity contribution in [2.75, 3.05) is 13.2 Å². The van der Waals surface area contributed by atoms with Gasteiger partial charge in [-0.05, 0) is 30.2 Å². The molecule has 2 unspecified atom stereocenters. The van der Waals surface area contributed by atoms with Gasteiger partial charge in [0.1, 0.15) is 6.07 Å². The van der Waals surface area contributed by atoms with E-state index in [1.54, 1.807) is 0 Å². The lowest BCUT2D eigenvalue weighted by molar-refractivity contribution is 0.206. The largest absolute Gasteiger partial charge is 0.395 e. The topological polar surface area (TPSA) is 88.3 Å². The molecule has 148 valence electrons. The number of halogens is 1. The zero-order valence-electron chi connectivity index (χ0n) is 16.0. The molecule has 0 radical (unpaired) electrons. The molecular weight excluding hydrogens is 374 g/mol. The fraction of sp³-hybridized carbons (Fsp3) is 0.318. The van der Waals surface area contributed by atoms with E-state index in [1.807, 2.05) is 62.4 Å². The van der Waals surface area contributed by atoms with Crippen molar-refractivity contribution in [1.29, 1.82) is 5.26 Å². The van der Waals surface area contributed by atoms with Crippen molar-refractivity contribution >= 4 is 34.0 Å². The van der Waals surface area contributed by atoms with E-state index < -0.39 is 0 Å². The van der Waals surface area contributed by atoms with E-state index in [0.717, 1.165) is 27.1 Å². The predicted molar refractivity (Wildman–Crippen MR) is 116 cm³/mol. The Morgan fingerprint density at radius 2 is 1.21 bits per heavy atom. The first-order chi connectivity index (χ1) is 13.1. The Kier molecular flexibility index (Phi) is 7.76. The Morgan fingerprint density at radius 3 is 1.57 bits per heavy atom. The van der Waals surface area contributed by atoms with E-state index in [2.05, 4.69) is 16.7 Å². The van der Waals surface area contributed by atoms with Crippen LogP contribution >= 0.6 is 12.4 Å². The van der Waals surface area contributed by atoms with Crippen LogP contribution < -0.4 is 10.6 Å². The summed E-state index contributed by atoms with van der Waals surface area (Å²) in [5.74, 6) is 0. The van der Waals surface area contributed by atoms with E-state index in [0.29, 0.717) is 5.56 Å². The van der Waals surface area contributed by atoms with Crippen molar-refractivity contribution in [2.45, 2.75) is 32.1 Å². The normalized spacial score (nSPS) is 14.2. The number of aliphatic hydroxyl groups excluding tert-OH is 2. The molecular formula is C22H26ClN3O2. The van der Waals surface area contributed by atoms with E-state index in [9.17, 15) is 15.5 Å². The summed E-state index contributed by atoms with van der Waals surface area (Å²) in [6.45, 7) is 3.81. The number of aliphatic hydroxyl groups is 2. The van der Waals surface area contributed by atoms with Gasteiger partial charge in [0.05, 0.1) is 24.9 Å². The number of nitrogens with one attached hydrogen (secondary N) is 2. The molecule has 3 rings (SSSR count). The average molecular weight is 400 g/mol. The molecule has 0 aromatic heterocycles. The van der Waals surface area contributed by atoms with Gasteiger partial charge in [-0.1, -0.05) is 48.5 Å². The second-order valence-corrected chi connectivity index (χ2v) is 6.93. The lowest BCUT2D eigenvalue weighted by Gasteiger charge is -2.29. The Balaban J connectivity index is 0.00000280. The summed E-state index contributed by atoms with van der Waals surface area (Å²) < 4.78 is 0. The SMILES string of the molecule is CC(CO)NC(NC(C)CO)c1c2ccccc2c(C#N)c2ccccc12.Cl. The van der Waals surface area contributed by atoms with E-state index >= 15 is 0 Å². The van der Waals surface area contributed by atoms with Crippen LogP contribution in [-0.4, -0.2) is 35.5 Å². The third-order valence-electron chi connectivity index (χ3n) is 4.82. The first kappa shape index (κ1) is 22.1. The molecule has 28 heavy (non-hydrogen) atoms. The van der Waals surface area contributed by atoms with Crippen LogP contribution in [0.4, 0.5) is 0 Å². The zero-order chi connectivity index (χ0) is 19.4. The Bertz CT molecular complexity index is 918. The van der Waals surface area contributed by atoms with Crippen molar-refractivity contribution in [3.63, 3.8) is 0 Å². The Morgan fingerprint density at radius 1 is 0.821 bits per heavy atom. The molecule has 0 aliphatic heterocycles. The number of benzene rings is 3. The molecule has 3 aromatic carbocycles. The predicted octanol–water partition coefficient (Wildman–Crippen LogP) is 3.23. The monoisotopic (exact) mass is 399 g/mol. The molecule has 4 N–H and O–H groups in total. The molecule has 0 fully saturated rings. The number of nitriles is 1. The molecule has 0 spiro atoms. The maximum Gasteiger partial charge on any atom is 0.100 e. The summed E-state index contributed by atoms with van der Waals surface area (Å²) in [5.41, 5.74) is 1.68. The molecule has 3 aromatic rings. The average Bonchev–Trinajstić information content (AvgIpc) is 2.71. The third-order valence-corrected chi connectivity index (χ3v) is 4.82. The van der Waals surface area contributed by atoms with Crippen LogP contribution in [0.25, 0.3) is 21.5 Å². The van der Waals surface area contributed by atoms with Gasteiger partial charge in [-0.3, -0.25) is 10.6 Å². The fourth-order valence-electron chi connectivity index (χ4n) is 3.48. The van der Waals surface area contributed by atoms with Gasteiger partial charge < -0.3 is 10.2 Å². The number of rotatable bonds is 7. The molecule has 2 atom stereocenters. The number of fused-ring (bicyclic) bond motifs is 2. The van der Waals surface area contributed by atoms with Crippen LogP contribution in [-0.2, 0) is 0 Å². The fourth-order valence-corrected chi connectivity index (χ4v) is 3.48. The van der Waals surface area contributed by atoms with Crippen LogP contribution in [0.15, 0.2) is 48.5 Å². The smallest absolute Gasteiger partial charge is 0.100 e. The minimum absolute atomic E-state index is 0. The first-order valence-electron chi connectivity index (χ1n) is 9.18. The maximum absolute atomic E-state index is 9.78. The second kappa shape index (κ2) is 9.83. The second-order valence-electron chi connectivity index (χ2n) is 6.93. The molecule has 6 heteroatoms. The quantitative estimate of drug-likeness (QED) is 0.362. The van der Waals surface area contributed by atoms with Gasteiger partial charge in [-0.2, -0.15) is 5.26 Å². The van der Waals surface area contributed by atoms with Crippen LogP contribution in [0.3, 0.4) is 0 Å². The van der Waals surface area contributed by atoms with E-state index in [4.69, 9.17) is 0 Å². The van der Waals surface area contributed by atoms with E-state index in [1.165, 1.54) is 0 Å². The summed E-state index contributed by atoms with van der Waals surface area (Å²) >= 11 is 0. The van der Waals surface area contributed by atoms with Gasteiger partial charge in [0, 0.05) is 22.9 Å². The molecule has 0 bridgehead atoms. The molecule has 0 aliphatic rings. The van der Waals surface area contributed by atoms with E-state index in [-0.39, 0.29) is 43.9 Å². The first-order valence-corrected chi connectivity index (χ1v) is 9.18. The number of nitrogens with zero attached hydrogens (tertiary/aromatic N) is 1. The number of hydrogen-bond donors (Lipinski definition) is 4. The molecule has 0 saturated carbocycles. The van der Waals surface area contributed by atoms with Gasteiger partial charge in [-0.15, -0.1) is 12.4 Å². The molecule has 0 heterocycles. The molecule has 0 aliphatic carbocycles. The van der Waals surface area contributed by atoms with Crippen LogP contribution in [0.2, 0.25) is 0 Å². The highest BCUT2D eigenvalue weighted by Gasteiger charge is 2.22. The van der Waals surface area contributed by atoms with Crippen molar-refractivity contribution < 1.29 is 10.2 Å². The van der Waals surface area contributed by atoms with Crippen molar-refractivity contribution in [3.8, 4) is 6.07 Å². The van der Waals surface area contributed by atoms with Crippen LogP contribution in [0.5, 0.6) is 0 Å². The lowest BCUT2D eigenvalue weighted by atomic mass is 9.90. The van der Waals surface area contributed by atoms with Gasteiger partial charge in [0.2, 0.25) is 0 Å². The van der Waals surface area contributed by atoms with Gasteiger partial charge in [-0.25, -0.2) is 0 Å². The zero-order valence-corrected chi connectivity index (χ0v) is 16.8. The molecule has 0 amide bonds. The maximum atomic E-state index is 9.78. The Labute approximate surface area is 171 Å². The number of hydrogen-bond acceptors (Lipinski definition) is 5. The molecule has 5 nitrogen and oxygen atoms in total. The highest BCUT2D eigenvalue weighted by atomic mass is 35.5. The highest BCUT2D eigenvalue weighted by molar-refractivity contribution is 6.07. The highest BCUT2D eigenvalue weighted by Crippen LogP contribution is 2.35. The van der Waals surface area contributed by atoms with Crippen molar-refractivity contribution in [2.24, 2.45) is 0 Å². The van der Waals surface area contributed by atoms with Gasteiger partial charge in [0.25, 0.3) is 0 Å². The van der Waals surface area contributed by atoms with Gasteiger partial charge in [0.15, 0.2) is 0 Å². The van der Waals surface area contributed by atoms with Crippen molar-refractivity contribution in [1.82, 2.24) is 10.6 Å². The lowest BCUT2D eigenvalue weighted by Crippen LogP contribution is -2.45. The van der Waals surface area contributed by atoms with Crippen molar-refractivity contribution in [3.05, 3.63) is 59.7 Å². The Hall–Kier alpha value is -2.20. The van der Waals surface area contributed by atoms with Crippen LogP contribution in [0, 0.1) is 11.3 Å². The minimum Gasteiger partial charge on any atom is -0.395 e. The van der Waals surface area contributed by atoms with Gasteiger partial charge >= 0.3 is 0 Å². The third kappa shape index (κ3) is 4.27. The summed E-state index contributed by atoms with van der Waals surface area (Å²) in [4.78, 5) is 0. The molecule has 0 saturated heterocycles. The summed E-state index contributed by atoms with van der Waals surface area (Å²) in [6, 6.07) is 17.8.